The van der Waals surface area contributed by atoms with E-state index in [1.165, 1.54) is 11.1 Å². The normalized spacial score (nSPS) is 17.9. The zero-order valence-corrected chi connectivity index (χ0v) is 19.8. The monoisotopic (exact) mass is 454 g/mol. The average molecular weight is 455 g/mol. The van der Waals surface area contributed by atoms with Gasteiger partial charge in [-0.15, -0.1) is 0 Å². The van der Waals surface area contributed by atoms with Crippen molar-refractivity contribution >= 4 is 17.3 Å². The highest BCUT2D eigenvalue weighted by atomic mass is 32.1. The predicted molar refractivity (Wildman–Crippen MR) is 133 cm³/mol. The maximum absolute atomic E-state index is 5.84. The minimum Gasteiger partial charge on any atom is -0.352 e. The van der Waals surface area contributed by atoms with Crippen molar-refractivity contribution in [3.8, 4) is 5.82 Å². The second kappa shape index (κ2) is 8.75. The van der Waals surface area contributed by atoms with Crippen LogP contribution in [-0.2, 0) is 6.54 Å². The Morgan fingerprint density at radius 2 is 1.76 bits per heavy atom. The van der Waals surface area contributed by atoms with Gasteiger partial charge in [-0.3, -0.25) is 9.97 Å². The molecule has 0 aromatic carbocycles. The second-order valence-corrected chi connectivity index (χ2v) is 8.85. The van der Waals surface area contributed by atoms with Gasteiger partial charge in [-0.1, -0.05) is 6.07 Å². The maximum Gasteiger partial charge on any atom is 0.170 e. The number of pyridine rings is 3. The number of hydrogen-bond donors (Lipinski definition) is 1. The zero-order chi connectivity index (χ0) is 22.9. The molecule has 5 heterocycles. The first-order chi connectivity index (χ1) is 16.0. The maximum atomic E-state index is 5.84. The topological polar surface area (TPSA) is 58.9 Å². The lowest BCUT2D eigenvalue weighted by molar-refractivity contribution is 0.310. The Labute approximate surface area is 199 Å². The highest BCUT2D eigenvalue weighted by molar-refractivity contribution is 7.80. The summed E-state index contributed by atoms with van der Waals surface area (Å²) in [6, 6.07) is 16.4. The number of rotatable bonds is 5. The minimum atomic E-state index is -0.0556. The third-order valence-electron chi connectivity index (χ3n) is 6.22. The van der Waals surface area contributed by atoms with Crippen LogP contribution in [0, 0.1) is 20.8 Å². The van der Waals surface area contributed by atoms with Crippen LogP contribution in [0.15, 0.2) is 73.3 Å². The molecule has 1 fully saturated rings. The number of aromatic nitrogens is 4. The summed E-state index contributed by atoms with van der Waals surface area (Å²) in [5, 5.41) is 4.28. The Kier molecular flexibility index (Phi) is 5.64. The number of aryl methyl sites for hydroxylation is 2. The lowest BCUT2D eigenvalue weighted by Crippen LogP contribution is -2.29. The summed E-state index contributed by atoms with van der Waals surface area (Å²) >= 11 is 5.84. The van der Waals surface area contributed by atoms with Gasteiger partial charge in [-0.05, 0) is 92.1 Å². The number of hydrogen-bond acceptors (Lipinski definition) is 4. The SMILES string of the molecule is Cc1ccnc(-n2c(C)cc([C@H]3[C@H](c4ccccn4)NC(=S)N3Cc3ccncc3)c2C)c1. The van der Waals surface area contributed by atoms with Crippen molar-refractivity contribution in [3.63, 3.8) is 0 Å². The van der Waals surface area contributed by atoms with Crippen LogP contribution in [0.2, 0.25) is 0 Å². The molecule has 2 atom stereocenters. The van der Waals surface area contributed by atoms with Crippen molar-refractivity contribution in [1.82, 2.24) is 29.7 Å². The first-order valence-electron chi connectivity index (χ1n) is 11.0. The third kappa shape index (κ3) is 4.00. The minimum absolute atomic E-state index is 0.00896. The average Bonchev–Trinajstić information content (AvgIpc) is 3.30. The first kappa shape index (κ1) is 21.3. The molecule has 6 nitrogen and oxygen atoms in total. The van der Waals surface area contributed by atoms with E-state index in [1.54, 1.807) is 0 Å². The van der Waals surface area contributed by atoms with Crippen LogP contribution in [0.25, 0.3) is 5.82 Å². The summed E-state index contributed by atoms with van der Waals surface area (Å²) in [7, 11) is 0. The molecule has 0 aliphatic carbocycles. The molecule has 0 unspecified atom stereocenters. The summed E-state index contributed by atoms with van der Waals surface area (Å²) in [5.41, 5.74) is 6.83. The molecule has 0 spiro atoms. The molecule has 33 heavy (non-hydrogen) atoms. The van der Waals surface area contributed by atoms with E-state index in [-0.39, 0.29) is 12.1 Å². The van der Waals surface area contributed by atoms with Gasteiger partial charge >= 0.3 is 0 Å². The molecule has 1 aliphatic rings. The summed E-state index contributed by atoms with van der Waals surface area (Å²) in [6.07, 6.45) is 7.34. The summed E-state index contributed by atoms with van der Waals surface area (Å²) in [6.45, 7) is 7.07. The molecule has 1 N–H and O–H groups in total. The molecular formula is C26H26N6S. The van der Waals surface area contributed by atoms with Gasteiger partial charge in [0.15, 0.2) is 5.11 Å². The largest absolute Gasteiger partial charge is 0.352 e. The molecular weight excluding hydrogens is 428 g/mol. The molecule has 5 rings (SSSR count). The molecule has 0 bridgehead atoms. The number of nitrogens with one attached hydrogen (secondary N) is 1. The van der Waals surface area contributed by atoms with E-state index in [9.17, 15) is 0 Å². The van der Waals surface area contributed by atoms with Crippen LogP contribution in [0.4, 0.5) is 0 Å². The fourth-order valence-electron chi connectivity index (χ4n) is 4.68. The van der Waals surface area contributed by atoms with Crippen molar-refractivity contribution in [3.05, 3.63) is 107 Å². The molecule has 4 aromatic rings. The van der Waals surface area contributed by atoms with Crippen LogP contribution in [0.5, 0.6) is 0 Å². The van der Waals surface area contributed by atoms with Crippen molar-refractivity contribution in [2.24, 2.45) is 0 Å². The highest BCUT2D eigenvalue weighted by Crippen LogP contribution is 2.42. The van der Waals surface area contributed by atoms with Gasteiger partial charge in [-0.2, -0.15) is 0 Å². The van der Waals surface area contributed by atoms with Gasteiger partial charge in [0.1, 0.15) is 5.82 Å². The van der Waals surface area contributed by atoms with Gasteiger partial charge in [0.05, 0.1) is 17.8 Å². The third-order valence-corrected chi connectivity index (χ3v) is 6.57. The van der Waals surface area contributed by atoms with Crippen molar-refractivity contribution in [1.29, 1.82) is 0 Å². The first-order valence-corrected chi connectivity index (χ1v) is 11.4. The van der Waals surface area contributed by atoms with E-state index in [0.29, 0.717) is 6.54 Å². The lowest BCUT2D eigenvalue weighted by Gasteiger charge is -2.28. The summed E-state index contributed by atoms with van der Waals surface area (Å²) in [5.74, 6) is 0.930. The predicted octanol–water partition coefficient (Wildman–Crippen LogP) is 4.76. The fraction of sp³-hybridized carbons (Fsp3) is 0.231. The van der Waals surface area contributed by atoms with Crippen molar-refractivity contribution in [2.45, 2.75) is 39.4 Å². The molecule has 1 saturated heterocycles. The Bertz CT molecular complexity index is 1280. The molecule has 0 amide bonds. The highest BCUT2D eigenvalue weighted by Gasteiger charge is 2.41. The van der Waals surface area contributed by atoms with E-state index >= 15 is 0 Å². The van der Waals surface area contributed by atoms with Gasteiger partial charge < -0.3 is 14.8 Å². The Morgan fingerprint density at radius 3 is 2.48 bits per heavy atom. The standard InChI is InChI=1S/C26H26N6S/c1-17-7-13-29-23(14-17)32-18(2)15-21(19(32)3)25-24(22-6-4-5-10-28-22)30-26(33)31(25)16-20-8-11-27-12-9-20/h4-15,24-25H,16H2,1-3H3,(H,30,33)/t24-,25-/m0/s1. The molecule has 1 aliphatic heterocycles. The molecule has 0 radical (unpaired) electrons. The van der Waals surface area contributed by atoms with E-state index in [0.717, 1.165) is 33.6 Å². The van der Waals surface area contributed by atoms with Crippen LogP contribution >= 0.6 is 12.2 Å². The van der Waals surface area contributed by atoms with Gasteiger partial charge in [0.25, 0.3) is 0 Å². The number of nitrogens with zero attached hydrogens (tertiary/aromatic N) is 5. The number of thiocarbonyl (C=S) groups is 1. The quantitative estimate of drug-likeness (QED) is 0.439. The second-order valence-electron chi connectivity index (χ2n) is 8.46. The van der Waals surface area contributed by atoms with E-state index < -0.39 is 0 Å². The Balaban J connectivity index is 1.62. The summed E-state index contributed by atoms with van der Waals surface area (Å²) < 4.78 is 2.23. The van der Waals surface area contributed by atoms with Gasteiger partial charge in [0, 0.05) is 42.7 Å². The molecule has 7 heteroatoms. The summed E-state index contributed by atoms with van der Waals surface area (Å²) in [4.78, 5) is 15.7. The Hall–Kier alpha value is -3.58. The smallest absolute Gasteiger partial charge is 0.170 e. The lowest BCUT2D eigenvalue weighted by atomic mass is 9.96. The molecule has 166 valence electrons. The van der Waals surface area contributed by atoms with E-state index in [2.05, 4.69) is 68.7 Å². The van der Waals surface area contributed by atoms with E-state index in [4.69, 9.17) is 12.2 Å². The zero-order valence-electron chi connectivity index (χ0n) is 18.9. The van der Waals surface area contributed by atoms with Crippen LogP contribution < -0.4 is 5.32 Å². The van der Waals surface area contributed by atoms with Crippen molar-refractivity contribution < 1.29 is 0 Å². The molecule has 0 saturated carbocycles. The fourth-order valence-corrected chi connectivity index (χ4v) is 4.99. The van der Waals surface area contributed by atoms with Gasteiger partial charge in [0.2, 0.25) is 0 Å². The van der Waals surface area contributed by atoms with E-state index in [1.807, 2.05) is 55.1 Å². The Morgan fingerprint density at radius 1 is 0.939 bits per heavy atom. The molecule has 4 aromatic heterocycles. The van der Waals surface area contributed by atoms with Gasteiger partial charge in [-0.25, -0.2) is 4.98 Å². The van der Waals surface area contributed by atoms with Crippen molar-refractivity contribution in [2.75, 3.05) is 0 Å². The van der Waals surface area contributed by atoms with Crippen LogP contribution in [0.1, 0.15) is 45.9 Å². The van der Waals surface area contributed by atoms with Crippen LogP contribution in [-0.4, -0.2) is 29.5 Å². The van der Waals surface area contributed by atoms with Crippen LogP contribution in [0.3, 0.4) is 0 Å².